The molecule has 1 rings (SSSR count). The topological polar surface area (TPSA) is 0 Å². The lowest BCUT2D eigenvalue weighted by Gasteiger charge is -2.44. The Bertz CT molecular complexity index is 579. The molecule has 0 nitrogen and oxygen atoms in total. The summed E-state index contributed by atoms with van der Waals surface area (Å²) in [6, 6.07) is 0. The Hall–Kier alpha value is -0.130. The second kappa shape index (κ2) is 23.3. The van der Waals surface area contributed by atoms with E-state index >= 15 is 0 Å². The number of rotatable bonds is 25. The lowest BCUT2D eigenvalue weighted by atomic mass is 9.62. The van der Waals surface area contributed by atoms with Gasteiger partial charge in [0, 0.05) is 0 Å². The van der Waals surface area contributed by atoms with Crippen LogP contribution in [-0.4, -0.2) is 0 Å². The Labute approximate surface area is 262 Å². The summed E-state index contributed by atoms with van der Waals surface area (Å²) in [7, 11) is 0. The molecule has 1 aliphatic rings. The van der Waals surface area contributed by atoms with Crippen molar-refractivity contribution in [2.45, 2.75) is 198 Å². The first-order valence-corrected chi connectivity index (χ1v) is 19.5. The summed E-state index contributed by atoms with van der Waals surface area (Å²) in [5.41, 5.74) is 0. The largest absolute Gasteiger partial charge is 0.0949 e. The first-order chi connectivity index (χ1) is 19.8. The lowest BCUT2D eigenvalue weighted by Crippen LogP contribution is -2.35. The molecule has 0 saturated heterocycles. The van der Waals surface area contributed by atoms with Crippen molar-refractivity contribution < 1.29 is 0 Å². The van der Waals surface area contributed by atoms with Gasteiger partial charge in [0.25, 0.3) is 0 Å². The van der Waals surface area contributed by atoms with Gasteiger partial charge < -0.3 is 0 Å². The van der Waals surface area contributed by atoms with Crippen LogP contribution in [0.3, 0.4) is 0 Å². The molecule has 1 aliphatic carbocycles. The summed E-state index contributed by atoms with van der Waals surface area (Å²) in [6.07, 6.45) is 31.4. The summed E-state index contributed by atoms with van der Waals surface area (Å²) >= 11 is 0. The van der Waals surface area contributed by atoms with Gasteiger partial charge in [-0.05, 0) is 98.7 Å². The third-order valence-electron chi connectivity index (χ3n) is 12.4. The van der Waals surface area contributed by atoms with E-state index in [9.17, 15) is 0 Å². The predicted octanol–water partition coefficient (Wildman–Crippen LogP) is 14.4. The zero-order valence-electron chi connectivity index (χ0n) is 30.5. The molecule has 0 amide bonds. The molecule has 0 aromatic rings. The second-order valence-corrected chi connectivity index (χ2v) is 15.5. The van der Waals surface area contributed by atoms with Crippen LogP contribution in [0.4, 0.5) is 0 Å². The maximum Gasteiger partial charge on any atom is 0.0949 e. The molecule has 0 aliphatic heterocycles. The molecular weight excluding hydrogens is 492 g/mol. The predicted molar refractivity (Wildman–Crippen MR) is 188 cm³/mol. The van der Waals surface area contributed by atoms with Crippen molar-refractivity contribution >= 4 is 0 Å². The molecular formula is C41H81+. The maximum absolute atomic E-state index is 2.70. The van der Waals surface area contributed by atoms with Gasteiger partial charge in [-0.25, -0.2) is 0 Å². The minimum atomic E-state index is 0.761. The molecule has 1 fully saturated rings. The van der Waals surface area contributed by atoms with Gasteiger partial charge in [0.1, 0.15) is 0 Å². The van der Waals surface area contributed by atoms with Gasteiger partial charge in [0.2, 0.25) is 0 Å². The minimum absolute atomic E-state index is 0.761. The molecule has 0 bridgehead atoms. The first kappa shape index (κ1) is 38.9. The van der Waals surface area contributed by atoms with Crippen LogP contribution in [-0.2, 0) is 0 Å². The zero-order chi connectivity index (χ0) is 30.6. The van der Waals surface area contributed by atoms with Crippen LogP contribution in [0.5, 0.6) is 0 Å². The molecule has 244 valence electrons. The van der Waals surface area contributed by atoms with E-state index in [0.717, 1.165) is 59.2 Å². The molecule has 10 unspecified atom stereocenters. The Balaban J connectivity index is 2.99. The van der Waals surface area contributed by atoms with Gasteiger partial charge in [-0.1, -0.05) is 145 Å². The smallest absolute Gasteiger partial charge is 0.0654 e. The van der Waals surface area contributed by atoms with Gasteiger partial charge in [-0.15, -0.1) is 0 Å². The first-order valence-electron chi connectivity index (χ1n) is 19.5. The van der Waals surface area contributed by atoms with Crippen LogP contribution >= 0.6 is 0 Å². The molecule has 41 heavy (non-hydrogen) atoms. The fourth-order valence-electron chi connectivity index (χ4n) is 9.27. The molecule has 1 saturated carbocycles. The van der Waals surface area contributed by atoms with Crippen molar-refractivity contribution in [2.75, 3.05) is 0 Å². The molecule has 0 aromatic heterocycles. The Morgan fingerprint density at radius 3 is 1.83 bits per heavy atom. The maximum atomic E-state index is 2.70. The molecule has 0 radical (unpaired) electrons. The van der Waals surface area contributed by atoms with Crippen molar-refractivity contribution in [1.29, 1.82) is 0 Å². The highest BCUT2D eigenvalue weighted by atomic mass is 14.4. The van der Waals surface area contributed by atoms with Crippen molar-refractivity contribution in [3.63, 3.8) is 0 Å². The van der Waals surface area contributed by atoms with E-state index in [-0.39, 0.29) is 0 Å². The van der Waals surface area contributed by atoms with E-state index < -0.39 is 0 Å². The number of hydrogen-bond donors (Lipinski definition) is 0. The summed E-state index contributed by atoms with van der Waals surface area (Å²) in [5, 5.41) is 0. The molecule has 0 heterocycles. The zero-order valence-corrected chi connectivity index (χ0v) is 30.5. The van der Waals surface area contributed by atoms with E-state index in [1.54, 1.807) is 0 Å². The lowest BCUT2D eigenvalue weighted by molar-refractivity contribution is 0.0612. The standard InChI is InChI=1S/C41H81/c1-11-17-19-20-22-24-39(27-26-36(14-4)34(9)29-32(7)13-3)38(16-6)31-35(10)41-30-33(8)25-28-40(41)37(15-5)23-21-18-12-2/h13,32-41H,11-12,14-31H2,1-10H3/q+1. The average Bonchev–Trinajstić information content (AvgIpc) is 2.97. The quantitative estimate of drug-likeness (QED) is 0.0752. The van der Waals surface area contributed by atoms with Crippen LogP contribution in [0.25, 0.3) is 0 Å². The number of hydrogen-bond acceptors (Lipinski definition) is 0. The summed E-state index contributed by atoms with van der Waals surface area (Å²) in [6.45, 7) is 24.7. The number of unbranched alkanes of at least 4 members (excludes halogenated alkanes) is 6. The van der Waals surface area contributed by atoms with Gasteiger partial charge in [0.15, 0.2) is 0 Å². The highest BCUT2D eigenvalue weighted by Crippen LogP contribution is 2.47. The normalized spacial score (nSPS) is 24.8. The van der Waals surface area contributed by atoms with Crippen LogP contribution in [0, 0.1) is 65.6 Å². The molecule has 10 atom stereocenters. The van der Waals surface area contributed by atoms with E-state index in [0.29, 0.717) is 0 Å². The van der Waals surface area contributed by atoms with Crippen molar-refractivity contribution in [3.05, 3.63) is 6.42 Å². The SMILES string of the molecule is C[CH+]C(C)CC(C)C(CC)CCC(CCCCCCC)C(CC)CC(C)C1CC(C)CCC1C(CC)CCCCC. The summed E-state index contributed by atoms with van der Waals surface area (Å²) in [5.74, 6) is 9.20. The van der Waals surface area contributed by atoms with Crippen LogP contribution in [0.2, 0.25) is 0 Å². The van der Waals surface area contributed by atoms with E-state index in [1.165, 1.54) is 128 Å². The van der Waals surface area contributed by atoms with Gasteiger partial charge in [-0.2, -0.15) is 0 Å². The molecule has 0 spiro atoms. The average molecular weight is 574 g/mol. The Morgan fingerprint density at radius 2 is 1.22 bits per heavy atom. The van der Waals surface area contributed by atoms with Crippen LogP contribution < -0.4 is 0 Å². The van der Waals surface area contributed by atoms with Crippen LogP contribution in [0.1, 0.15) is 198 Å². The monoisotopic (exact) mass is 574 g/mol. The third kappa shape index (κ3) is 14.9. The van der Waals surface area contributed by atoms with Crippen molar-refractivity contribution in [1.82, 2.24) is 0 Å². The highest BCUT2D eigenvalue weighted by molar-refractivity contribution is 4.87. The molecule has 0 aromatic carbocycles. The molecule has 0 N–H and O–H groups in total. The third-order valence-corrected chi connectivity index (χ3v) is 12.4. The minimum Gasteiger partial charge on any atom is -0.0654 e. The van der Waals surface area contributed by atoms with Gasteiger partial charge in [0.05, 0.1) is 19.3 Å². The molecule has 0 heteroatoms. The van der Waals surface area contributed by atoms with Crippen molar-refractivity contribution in [3.8, 4) is 0 Å². The Kier molecular flexibility index (Phi) is 22.1. The summed E-state index contributed by atoms with van der Waals surface area (Å²) in [4.78, 5) is 0. The summed E-state index contributed by atoms with van der Waals surface area (Å²) < 4.78 is 0. The Morgan fingerprint density at radius 1 is 0.610 bits per heavy atom. The fourth-order valence-corrected chi connectivity index (χ4v) is 9.27. The van der Waals surface area contributed by atoms with Crippen LogP contribution in [0.15, 0.2) is 0 Å². The van der Waals surface area contributed by atoms with Crippen molar-refractivity contribution in [2.24, 2.45) is 59.2 Å². The fraction of sp³-hybridized carbons (Fsp3) is 0.976. The van der Waals surface area contributed by atoms with E-state index in [4.69, 9.17) is 0 Å². The van der Waals surface area contributed by atoms with Gasteiger partial charge >= 0.3 is 0 Å². The van der Waals surface area contributed by atoms with E-state index in [2.05, 4.69) is 75.7 Å². The highest BCUT2D eigenvalue weighted by Gasteiger charge is 2.37. The van der Waals surface area contributed by atoms with Gasteiger partial charge in [-0.3, -0.25) is 0 Å². The van der Waals surface area contributed by atoms with E-state index in [1.807, 2.05) is 0 Å². The second-order valence-electron chi connectivity index (χ2n) is 15.5.